The zero-order valence-electron chi connectivity index (χ0n) is 15.1. The molecule has 0 radical (unpaired) electrons. The highest BCUT2D eigenvalue weighted by Crippen LogP contribution is 2.33. The van der Waals surface area contributed by atoms with Crippen molar-refractivity contribution in [2.24, 2.45) is 5.73 Å². The number of carbonyl (C=O) groups is 1. The summed E-state index contributed by atoms with van der Waals surface area (Å²) < 4.78 is 66.0. The zero-order chi connectivity index (χ0) is 21.3. The van der Waals surface area contributed by atoms with Crippen molar-refractivity contribution in [1.82, 2.24) is 14.9 Å². The molecule has 1 amide bonds. The molecule has 0 bridgehead atoms. The number of hydrogen-bond donors (Lipinski definition) is 2. The summed E-state index contributed by atoms with van der Waals surface area (Å²) in [5.41, 5.74) is 4.48. The molecule has 29 heavy (non-hydrogen) atoms. The van der Waals surface area contributed by atoms with Crippen molar-refractivity contribution in [1.29, 1.82) is 0 Å². The number of amides is 1. The molecule has 3 rings (SSSR count). The van der Waals surface area contributed by atoms with Crippen LogP contribution < -0.4 is 11.1 Å². The van der Waals surface area contributed by atoms with Crippen LogP contribution in [0.5, 0.6) is 0 Å². The Morgan fingerprint density at radius 2 is 1.90 bits per heavy atom. The van der Waals surface area contributed by atoms with Gasteiger partial charge in [-0.15, -0.1) is 0 Å². The standard InChI is InChI=1S/C18H16F5N5O/c1-9-5-14(27-17-25-6-10(19)7-26-17)13(24)8-28(9)16(29)11-3-2-4-12(15(11)20)18(21,22)23/h2-4,6-7,9H,5,8,24H2,1H3,(H,25,26,27). The van der Waals surface area contributed by atoms with Crippen molar-refractivity contribution in [3.63, 3.8) is 0 Å². The predicted molar refractivity (Wildman–Crippen MR) is 93.3 cm³/mol. The maximum absolute atomic E-state index is 14.3. The van der Waals surface area contributed by atoms with E-state index in [4.69, 9.17) is 5.73 Å². The van der Waals surface area contributed by atoms with Gasteiger partial charge in [-0.05, 0) is 19.1 Å². The number of hydrogen-bond acceptors (Lipinski definition) is 5. The van der Waals surface area contributed by atoms with Gasteiger partial charge in [0.1, 0.15) is 5.82 Å². The Hall–Kier alpha value is -3.24. The first-order chi connectivity index (χ1) is 13.6. The van der Waals surface area contributed by atoms with E-state index in [1.807, 2.05) is 0 Å². The third kappa shape index (κ3) is 4.28. The molecule has 0 saturated carbocycles. The van der Waals surface area contributed by atoms with Gasteiger partial charge in [0.25, 0.3) is 5.91 Å². The Labute approximate surface area is 162 Å². The molecule has 0 fully saturated rings. The van der Waals surface area contributed by atoms with E-state index in [2.05, 4.69) is 15.3 Å². The van der Waals surface area contributed by atoms with Crippen LogP contribution in [0.25, 0.3) is 0 Å². The van der Waals surface area contributed by atoms with E-state index in [0.29, 0.717) is 11.8 Å². The highest BCUT2D eigenvalue weighted by Gasteiger charge is 2.37. The second-order valence-electron chi connectivity index (χ2n) is 6.50. The number of nitrogens with two attached hydrogens (primary N) is 1. The molecule has 6 nitrogen and oxygen atoms in total. The summed E-state index contributed by atoms with van der Waals surface area (Å²) in [5.74, 6) is -3.04. The van der Waals surface area contributed by atoms with E-state index < -0.39 is 40.9 Å². The van der Waals surface area contributed by atoms with Crippen LogP contribution in [0, 0.1) is 11.6 Å². The van der Waals surface area contributed by atoms with Crippen LogP contribution in [-0.2, 0) is 6.18 Å². The van der Waals surface area contributed by atoms with Crippen LogP contribution in [0.2, 0.25) is 0 Å². The van der Waals surface area contributed by atoms with Crippen molar-refractivity contribution < 1.29 is 26.7 Å². The quantitative estimate of drug-likeness (QED) is 0.755. The molecule has 11 heteroatoms. The molecule has 1 aliphatic rings. The third-order valence-electron chi connectivity index (χ3n) is 4.44. The van der Waals surface area contributed by atoms with Gasteiger partial charge in [-0.2, -0.15) is 13.2 Å². The Morgan fingerprint density at radius 3 is 2.52 bits per heavy atom. The van der Waals surface area contributed by atoms with Gasteiger partial charge in [-0.1, -0.05) is 6.07 Å². The van der Waals surface area contributed by atoms with Crippen LogP contribution >= 0.6 is 0 Å². The van der Waals surface area contributed by atoms with E-state index >= 15 is 0 Å². The molecule has 2 heterocycles. The van der Waals surface area contributed by atoms with Crippen LogP contribution in [0.15, 0.2) is 42.0 Å². The first-order valence-electron chi connectivity index (χ1n) is 8.46. The minimum Gasteiger partial charge on any atom is -0.399 e. The normalized spacial score (nSPS) is 17.4. The predicted octanol–water partition coefficient (Wildman–Crippen LogP) is 3.29. The summed E-state index contributed by atoms with van der Waals surface area (Å²) in [6.45, 7) is 1.50. The Bertz CT molecular complexity index is 958. The van der Waals surface area contributed by atoms with Gasteiger partial charge in [0.05, 0.1) is 30.1 Å². The average Bonchev–Trinajstić information content (AvgIpc) is 2.65. The lowest BCUT2D eigenvalue weighted by molar-refractivity contribution is -0.140. The SMILES string of the molecule is CC1CC(Nc2ncc(F)cn2)=C(N)CN1C(=O)c1cccc(C(F)(F)F)c1F. The fourth-order valence-corrected chi connectivity index (χ4v) is 2.96. The lowest BCUT2D eigenvalue weighted by Gasteiger charge is -2.35. The number of halogens is 5. The number of rotatable bonds is 3. The van der Waals surface area contributed by atoms with E-state index in [0.717, 1.165) is 24.5 Å². The lowest BCUT2D eigenvalue weighted by atomic mass is 10.0. The highest BCUT2D eigenvalue weighted by molar-refractivity contribution is 5.95. The number of aromatic nitrogens is 2. The number of nitrogens with zero attached hydrogens (tertiary/aromatic N) is 3. The Balaban J connectivity index is 1.83. The Morgan fingerprint density at radius 1 is 1.24 bits per heavy atom. The molecule has 1 unspecified atom stereocenters. The summed E-state index contributed by atoms with van der Waals surface area (Å²) in [5, 5.41) is 2.83. The van der Waals surface area contributed by atoms with Crippen molar-refractivity contribution in [3.05, 3.63) is 64.7 Å². The third-order valence-corrected chi connectivity index (χ3v) is 4.44. The average molecular weight is 413 g/mol. The topological polar surface area (TPSA) is 84.1 Å². The van der Waals surface area contributed by atoms with Crippen molar-refractivity contribution in [2.45, 2.75) is 25.6 Å². The van der Waals surface area contributed by atoms with Gasteiger partial charge in [-0.25, -0.2) is 18.7 Å². The van der Waals surface area contributed by atoms with Gasteiger partial charge in [0.2, 0.25) is 5.95 Å². The van der Waals surface area contributed by atoms with Crippen molar-refractivity contribution in [2.75, 3.05) is 11.9 Å². The van der Waals surface area contributed by atoms with Gasteiger partial charge in [0, 0.05) is 23.9 Å². The second-order valence-corrected chi connectivity index (χ2v) is 6.50. The molecule has 0 saturated heterocycles. The highest BCUT2D eigenvalue weighted by atomic mass is 19.4. The zero-order valence-corrected chi connectivity index (χ0v) is 15.1. The molecule has 3 N–H and O–H groups in total. The van der Waals surface area contributed by atoms with Gasteiger partial charge in [-0.3, -0.25) is 4.79 Å². The molecule has 1 aromatic heterocycles. The van der Waals surface area contributed by atoms with E-state index in [1.54, 1.807) is 6.92 Å². The molecule has 0 aliphatic carbocycles. The monoisotopic (exact) mass is 413 g/mol. The van der Waals surface area contributed by atoms with E-state index in [9.17, 15) is 26.7 Å². The molecule has 1 aliphatic heterocycles. The molecular formula is C18H16F5N5O. The molecular weight excluding hydrogens is 397 g/mol. The second kappa shape index (κ2) is 7.64. The van der Waals surface area contributed by atoms with Crippen LogP contribution in [0.3, 0.4) is 0 Å². The Kier molecular flexibility index (Phi) is 5.40. The maximum Gasteiger partial charge on any atom is 0.419 e. The van der Waals surface area contributed by atoms with Crippen molar-refractivity contribution in [3.8, 4) is 0 Å². The van der Waals surface area contributed by atoms with Gasteiger partial charge < -0.3 is 16.0 Å². The molecule has 1 aromatic carbocycles. The first-order valence-corrected chi connectivity index (χ1v) is 8.46. The minimum atomic E-state index is -4.92. The largest absolute Gasteiger partial charge is 0.419 e. The number of anilines is 1. The molecule has 154 valence electrons. The first kappa shape index (κ1) is 20.5. The van der Waals surface area contributed by atoms with E-state index in [-0.39, 0.29) is 24.6 Å². The number of benzene rings is 1. The van der Waals surface area contributed by atoms with Gasteiger partial charge >= 0.3 is 6.18 Å². The minimum absolute atomic E-state index is 0.0975. The van der Waals surface area contributed by atoms with Gasteiger partial charge in [0.15, 0.2) is 5.82 Å². The summed E-state index contributed by atoms with van der Waals surface area (Å²) in [7, 11) is 0. The van der Waals surface area contributed by atoms with Crippen LogP contribution in [0.4, 0.5) is 27.9 Å². The van der Waals surface area contributed by atoms with Crippen LogP contribution in [0.1, 0.15) is 29.3 Å². The number of carbonyl (C=O) groups excluding carboxylic acids is 1. The smallest absolute Gasteiger partial charge is 0.399 e. The number of alkyl halides is 3. The fraction of sp³-hybridized carbons (Fsp3) is 0.278. The van der Waals surface area contributed by atoms with Crippen molar-refractivity contribution >= 4 is 11.9 Å². The summed E-state index contributed by atoms with van der Waals surface area (Å²) in [4.78, 5) is 21.4. The number of nitrogens with one attached hydrogen (secondary N) is 1. The van der Waals surface area contributed by atoms with Crippen LogP contribution in [-0.4, -0.2) is 33.4 Å². The lowest BCUT2D eigenvalue weighted by Crippen LogP contribution is -2.46. The molecule has 1 atom stereocenters. The summed E-state index contributed by atoms with van der Waals surface area (Å²) >= 11 is 0. The summed E-state index contributed by atoms with van der Waals surface area (Å²) in [6, 6.07) is 2.04. The van der Waals surface area contributed by atoms with E-state index in [1.165, 1.54) is 4.90 Å². The summed E-state index contributed by atoms with van der Waals surface area (Å²) in [6.07, 6.45) is -2.80. The fourth-order valence-electron chi connectivity index (χ4n) is 2.96. The molecule has 0 spiro atoms. The maximum atomic E-state index is 14.3. The molecule has 2 aromatic rings.